The van der Waals surface area contributed by atoms with Crippen LogP contribution < -0.4 is 0 Å². The second-order valence-corrected chi connectivity index (χ2v) is 2.94. The van der Waals surface area contributed by atoms with Crippen molar-refractivity contribution in [1.29, 1.82) is 0 Å². The van der Waals surface area contributed by atoms with Gasteiger partial charge in [0.05, 0.1) is 11.4 Å². The van der Waals surface area contributed by atoms with Crippen molar-refractivity contribution in [2.24, 2.45) is 9.98 Å². The maximum atomic E-state index is 3.91. The molecular formula is C11H14N2. The Bertz CT molecular complexity index is 340. The molecule has 0 atom stereocenters. The number of hydrogen-bond donors (Lipinski definition) is 0. The number of aliphatic imine (C=N–C) groups is 2. The molecule has 0 fully saturated rings. The van der Waals surface area contributed by atoms with Crippen LogP contribution in [0.5, 0.6) is 0 Å². The van der Waals surface area contributed by atoms with Gasteiger partial charge < -0.3 is 0 Å². The fourth-order valence-corrected chi connectivity index (χ4v) is 1.36. The summed E-state index contributed by atoms with van der Waals surface area (Å²) in [6, 6.07) is 4.02. The second kappa shape index (κ2) is 3.99. The fraction of sp³-hybridized carbons (Fsp3) is 0.273. The van der Waals surface area contributed by atoms with Crippen molar-refractivity contribution in [1.82, 2.24) is 0 Å². The number of rotatable bonds is 3. The van der Waals surface area contributed by atoms with E-state index in [0.29, 0.717) is 0 Å². The zero-order valence-electron chi connectivity index (χ0n) is 8.17. The summed E-state index contributed by atoms with van der Waals surface area (Å²) < 4.78 is 0. The molecule has 2 heteroatoms. The molecule has 0 aliphatic carbocycles. The Kier molecular flexibility index (Phi) is 2.96. The molecule has 0 amide bonds. The van der Waals surface area contributed by atoms with Gasteiger partial charge in [-0.15, -0.1) is 0 Å². The zero-order valence-corrected chi connectivity index (χ0v) is 8.17. The monoisotopic (exact) mass is 174 g/mol. The van der Waals surface area contributed by atoms with Crippen molar-refractivity contribution >= 4 is 24.8 Å². The van der Waals surface area contributed by atoms with E-state index >= 15 is 0 Å². The van der Waals surface area contributed by atoms with E-state index in [-0.39, 0.29) is 0 Å². The van der Waals surface area contributed by atoms with Crippen LogP contribution in [0.2, 0.25) is 0 Å². The van der Waals surface area contributed by atoms with Crippen LogP contribution in [0, 0.1) is 6.92 Å². The third kappa shape index (κ3) is 1.83. The Labute approximate surface area is 79.0 Å². The molecule has 1 rings (SSSR count). The summed E-state index contributed by atoms with van der Waals surface area (Å²) in [5, 5.41) is 0. The SMILES string of the molecule is C=Nc1cc(C)c(CC)cc1N=C. The van der Waals surface area contributed by atoms with Crippen LogP contribution in [-0.2, 0) is 6.42 Å². The average Bonchev–Trinajstić information content (AvgIpc) is 2.17. The normalized spacial score (nSPS) is 9.69. The van der Waals surface area contributed by atoms with Gasteiger partial charge in [0.2, 0.25) is 0 Å². The molecule has 0 bridgehead atoms. The molecule has 13 heavy (non-hydrogen) atoms. The molecule has 0 aliphatic heterocycles. The van der Waals surface area contributed by atoms with E-state index in [2.05, 4.69) is 37.3 Å². The van der Waals surface area contributed by atoms with Gasteiger partial charge >= 0.3 is 0 Å². The molecule has 68 valence electrons. The summed E-state index contributed by atoms with van der Waals surface area (Å²) in [6.07, 6.45) is 1.01. The lowest BCUT2D eigenvalue weighted by atomic mass is 10.0. The van der Waals surface area contributed by atoms with Crippen LogP contribution in [0.3, 0.4) is 0 Å². The van der Waals surface area contributed by atoms with E-state index in [4.69, 9.17) is 0 Å². The summed E-state index contributed by atoms with van der Waals surface area (Å²) in [4.78, 5) is 7.80. The first-order valence-corrected chi connectivity index (χ1v) is 4.30. The molecule has 0 aromatic heterocycles. The molecule has 0 N–H and O–H groups in total. The lowest BCUT2D eigenvalue weighted by Gasteiger charge is -2.06. The zero-order chi connectivity index (χ0) is 9.84. The molecule has 1 aromatic rings. The maximum Gasteiger partial charge on any atom is 0.0881 e. The Balaban J connectivity index is 3.34. The molecule has 1 aromatic carbocycles. The Morgan fingerprint density at radius 3 is 2.15 bits per heavy atom. The van der Waals surface area contributed by atoms with Crippen LogP contribution in [0.1, 0.15) is 18.1 Å². The van der Waals surface area contributed by atoms with Crippen molar-refractivity contribution in [3.63, 3.8) is 0 Å². The lowest BCUT2D eigenvalue weighted by Crippen LogP contribution is -1.85. The number of nitrogens with zero attached hydrogens (tertiary/aromatic N) is 2. The van der Waals surface area contributed by atoms with Crippen molar-refractivity contribution in [3.8, 4) is 0 Å². The smallest absolute Gasteiger partial charge is 0.0881 e. The van der Waals surface area contributed by atoms with Crippen molar-refractivity contribution in [2.45, 2.75) is 20.3 Å². The molecule has 2 nitrogen and oxygen atoms in total. The molecule has 0 spiro atoms. The van der Waals surface area contributed by atoms with Gasteiger partial charge in [-0.25, -0.2) is 0 Å². The highest BCUT2D eigenvalue weighted by molar-refractivity contribution is 5.69. The Hall–Kier alpha value is -1.44. The minimum atomic E-state index is 0.810. The number of aryl methyl sites for hydroxylation is 2. The van der Waals surface area contributed by atoms with Gasteiger partial charge in [0.15, 0.2) is 0 Å². The van der Waals surface area contributed by atoms with Crippen molar-refractivity contribution in [2.75, 3.05) is 0 Å². The first-order valence-electron chi connectivity index (χ1n) is 4.30. The first kappa shape index (κ1) is 9.65. The van der Waals surface area contributed by atoms with Gasteiger partial charge in [-0.1, -0.05) is 6.92 Å². The third-order valence-electron chi connectivity index (χ3n) is 2.15. The lowest BCUT2D eigenvalue weighted by molar-refractivity contribution is 1.11. The van der Waals surface area contributed by atoms with Crippen LogP contribution in [0.15, 0.2) is 22.1 Å². The van der Waals surface area contributed by atoms with Gasteiger partial charge in [0, 0.05) is 0 Å². The quantitative estimate of drug-likeness (QED) is 0.628. The molecule has 0 aliphatic rings. The molecule has 0 heterocycles. The average molecular weight is 174 g/mol. The third-order valence-corrected chi connectivity index (χ3v) is 2.15. The van der Waals surface area contributed by atoms with E-state index in [9.17, 15) is 0 Å². The Morgan fingerprint density at radius 1 is 1.15 bits per heavy atom. The second-order valence-electron chi connectivity index (χ2n) is 2.94. The van der Waals surface area contributed by atoms with Crippen LogP contribution in [-0.4, -0.2) is 13.4 Å². The Morgan fingerprint density at radius 2 is 1.69 bits per heavy atom. The van der Waals surface area contributed by atoms with E-state index < -0.39 is 0 Å². The highest BCUT2D eigenvalue weighted by Crippen LogP contribution is 2.30. The standard InChI is InChI=1S/C11H14N2/c1-5-9-7-11(13-4)10(12-3)6-8(9)2/h6-7H,3-5H2,1-2H3. The van der Waals surface area contributed by atoms with Crippen LogP contribution in [0.25, 0.3) is 0 Å². The summed E-state index contributed by atoms with van der Waals surface area (Å²) in [7, 11) is 0. The summed E-state index contributed by atoms with van der Waals surface area (Å²) >= 11 is 0. The molecule has 0 radical (unpaired) electrons. The molecule has 0 saturated heterocycles. The summed E-state index contributed by atoms with van der Waals surface area (Å²) in [5.41, 5.74) is 4.15. The van der Waals surface area contributed by atoms with E-state index in [0.717, 1.165) is 17.8 Å². The highest BCUT2D eigenvalue weighted by atomic mass is 14.8. The number of benzene rings is 1. The van der Waals surface area contributed by atoms with Crippen LogP contribution in [0.4, 0.5) is 11.4 Å². The molecule has 0 unspecified atom stereocenters. The first-order chi connectivity index (χ1) is 6.22. The van der Waals surface area contributed by atoms with Gasteiger partial charge in [-0.2, -0.15) is 0 Å². The maximum absolute atomic E-state index is 3.91. The van der Waals surface area contributed by atoms with E-state index in [1.807, 2.05) is 12.1 Å². The number of hydrogen-bond acceptors (Lipinski definition) is 2. The molecule has 0 saturated carbocycles. The van der Waals surface area contributed by atoms with Crippen molar-refractivity contribution in [3.05, 3.63) is 23.3 Å². The van der Waals surface area contributed by atoms with Crippen molar-refractivity contribution < 1.29 is 0 Å². The van der Waals surface area contributed by atoms with Gasteiger partial charge in [0.25, 0.3) is 0 Å². The summed E-state index contributed by atoms with van der Waals surface area (Å²) in [5.74, 6) is 0. The summed E-state index contributed by atoms with van der Waals surface area (Å²) in [6.45, 7) is 11.2. The minimum Gasteiger partial charge on any atom is -0.262 e. The van der Waals surface area contributed by atoms with E-state index in [1.165, 1.54) is 11.1 Å². The largest absolute Gasteiger partial charge is 0.262 e. The van der Waals surface area contributed by atoms with Gasteiger partial charge in [0.1, 0.15) is 0 Å². The molecular weight excluding hydrogens is 160 g/mol. The van der Waals surface area contributed by atoms with E-state index in [1.54, 1.807) is 0 Å². The van der Waals surface area contributed by atoms with Crippen LogP contribution >= 0.6 is 0 Å². The fourth-order valence-electron chi connectivity index (χ4n) is 1.36. The topological polar surface area (TPSA) is 24.7 Å². The van der Waals surface area contributed by atoms with Gasteiger partial charge in [-0.3, -0.25) is 9.98 Å². The highest BCUT2D eigenvalue weighted by Gasteiger charge is 2.03. The predicted molar refractivity (Wildman–Crippen MR) is 59.0 cm³/mol. The predicted octanol–water partition coefficient (Wildman–Crippen LogP) is 3.22. The minimum absolute atomic E-state index is 0.810. The van der Waals surface area contributed by atoms with Gasteiger partial charge in [-0.05, 0) is 50.0 Å².